The van der Waals surface area contributed by atoms with Crippen molar-refractivity contribution in [3.05, 3.63) is 53.5 Å². The maximum Gasteiger partial charge on any atom is 0.243 e. The number of aromatic nitrogens is 1. The third-order valence-electron chi connectivity index (χ3n) is 5.08. The summed E-state index contributed by atoms with van der Waals surface area (Å²) in [4.78, 5) is 17.2. The molecule has 0 bridgehead atoms. The minimum atomic E-state index is -3.51. The molecule has 3 aromatic rings. The summed E-state index contributed by atoms with van der Waals surface area (Å²) in [5, 5.41) is 2.96. The molecule has 1 aliphatic heterocycles. The number of benzene rings is 2. The fourth-order valence-electron chi connectivity index (χ4n) is 3.39. The molecule has 0 saturated carbocycles. The molecular weight excluding hydrogens is 394 g/mol. The Morgan fingerprint density at radius 2 is 1.86 bits per heavy atom. The lowest BCUT2D eigenvalue weighted by atomic mass is 9.97. The molecule has 1 saturated heterocycles. The molecule has 1 N–H and O–H groups in total. The maximum atomic E-state index is 12.8. The topological polar surface area (TPSA) is 79.4 Å². The van der Waals surface area contributed by atoms with Crippen molar-refractivity contribution in [2.45, 2.75) is 24.7 Å². The van der Waals surface area contributed by atoms with E-state index in [0.29, 0.717) is 30.8 Å². The summed E-state index contributed by atoms with van der Waals surface area (Å²) in [7, 11) is -3.51. The van der Waals surface area contributed by atoms with Crippen LogP contribution in [0.15, 0.2) is 52.9 Å². The lowest BCUT2D eigenvalue weighted by molar-refractivity contribution is -0.120. The van der Waals surface area contributed by atoms with Crippen LogP contribution in [-0.4, -0.2) is 36.7 Å². The number of carbonyl (C=O) groups is 1. The van der Waals surface area contributed by atoms with Crippen molar-refractivity contribution in [1.82, 2.24) is 9.29 Å². The van der Waals surface area contributed by atoms with Gasteiger partial charge in [0.1, 0.15) is 0 Å². The van der Waals surface area contributed by atoms with E-state index in [1.165, 1.54) is 15.6 Å². The Kier molecular flexibility index (Phi) is 5.18. The number of nitrogens with one attached hydrogen (secondary N) is 1. The Hall–Kier alpha value is -2.29. The predicted molar refractivity (Wildman–Crippen MR) is 111 cm³/mol. The summed E-state index contributed by atoms with van der Waals surface area (Å²) >= 11 is 1.53. The fourth-order valence-corrected chi connectivity index (χ4v) is 5.58. The van der Waals surface area contributed by atoms with Crippen LogP contribution in [0.3, 0.4) is 0 Å². The number of hydrogen-bond donors (Lipinski definition) is 1. The largest absolute Gasteiger partial charge is 0.326 e. The summed E-state index contributed by atoms with van der Waals surface area (Å²) in [5.41, 5.74) is 4.46. The number of anilines is 1. The number of fused-ring (bicyclic) bond motifs is 1. The van der Waals surface area contributed by atoms with Gasteiger partial charge in [-0.1, -0.05) is 17.7 Å². The highest BCUT2D eigenvalue weighted by atomic mass is 32.2. The van der Waals surface area contributed by atoms with E-state index in [-0.39, 0.29) is 11.8 Å². The summed E-state index contributed by atoms with van der Waals surface area (Å²) in [6.45, 7) is 2.62. The molecule has 146 valence electrons. The normalized spacial score (nSPS) is 16.3. The van der Waals surface area contributed by atoms with Gasteiger partial charge in [0.15, 0.2) is 0 Å². The van der Waals surface area contributed by atoms with Gasteiger partial charge in [-0.05, 0) is 50.1 Å². The van der Waals surface area contributed by atoms with Gasteiger partial charge in [-0.3, -0.25) is 4.79 Å². The summed E-state index contributed by atoms with van der Waals surface area (Å²) in [6, 6.07) is 12.5. The summed E-state index contributed by atoms with van der Waals surface area (Å²) in [5.74, 6) is -0.252. The minimum absolute atomic E-state index is 0.0590. The molecule has 1 amide bonds. The first-order chi connectivity index (χ1) is 13.4. The van der Waals surface area contributed by atoms with E-state index in [1.54, 1.807) is 29.8 Å². The van der Waals surface area contributed by atoms with Gasteiger partial charge in [0.05, 0.1) is 20.6 Å². The van der Waals surface area contributed by atoms with Crippen LogP contribution in [0.1, 0.15) is 18.4 Å². The van der Waals surface area contributed by atoms with E-state index in [1.807, 2.05) is 25.1 Å². The monoisotopic (exact) mass is 415 g/mol. The van der Waals surface area contributed by atoms with E-state index in [9.17, 15) is 13.2 Å². The Morgan fingerprint density at radius 3 is 2.57 bits per heavy atom. The third-order valence-corrected chi connectivity index (χ3v) is 7.79. The van der Waals surface area contributed by atoms with Crippen LogP contribution in [0.2, 0.25) is 0 Å². The lowest BCUT2D eigenvalue weighted by Gasteiger charge is -2.30. The molecule has 4 rings (SSSR count). The average molecular weight is 416 g/mol. The van der Waals surface area contributed by atoms with Crippen molar-refractivity contribution >= 4 is 43.2 Å². The highest BCUT2D eigenvalue weighted by Gasteiger charge is 2.32. The SMILES string of the molecule is Cc1ccc(S(=O)(=O)N2CCC(C(=O)Nc3ccc4ncsc4c3)CC2)cc1. The van der Waals surface area contributed by atoms with Gasteiger partial charge < -0.3 is 5.32 Å². The molecule has 1 fully saturated rings. The smallest absolute Gasteiger partial charge is 0.243 e. The van der Waals surface area contributed by atoms with E-state index < -0.39 is 10.0 Å². The van der Waals surface area contributed by atoms with Gasteiger partial charge >= 0.3 is 0 Å². The standard InChI is InChI=1S/C20H21N3O3S2/c1-14-2-5-17(6-3-14)28(25,26)23-10-8-15(9-11-23)20(24)22-16-4-7-18-19(12-16)27-13-21-18/h2-7,12-13,15H,8-11H2,1H3,(H,22,24). The zero-order valence-corrected chi connectivity index (χ0v) is 17.1. The lowest BCUT2D eigenvalue weighted by Crippen LogP contribution is -2.41. The first kappa shape index (κ1) is 19.0. The number of thiazole rings is 1. The van der Waals surface area contributed by atoms with Gasteiger partial charge in [0.25, 0.3) is 0 Å². The number of piperidine rings is 1. The number of aryl methyl sites for hydroxylation is 1. The first-order valence-corrected chi connectivity index (χ1v) is 11.5. The third kappa shape index (κ3) is 3.80. The molecule has 0 aliphatic carbocycles. The van der Waals surface area contributed by atoms with Crippen LogP contribution >= 0.6 is 11.3 Å². The number of nitrogens with zero attached hydrogens (tertiary/aromatic N) is 2. The molecule has 2 heterocycles. The fraction of sp³-hybridized carbons (Fsp3) is 0.300. The zero-order chi connectivity index (χ0) is 19.7. The predicted octanol–water partition coefficient (Wildman–Crippen LogP) is 3.64. The first-order valence-electron chi connectivity index (χ1n) is 9.14. The molecule has 6 nitrogen and oxygen atoms in total. The van der Waals surface area contributed by atoms with Crippen LogP contribution in [0.5, 0.6) is 0 Å². The molecule has 2 aromatic carbocycles. The number of amides is 1. The molecule has 0 unspecified atom stereocenters. The highest BCUT2D eigenvalue weighted by Crippen LogP contribution is 2.26. The quantitative estimate of drug-likeness (QED) is 0.705. The second kappa shape index (κ2) is 7.62. The summed E-state index contributed by atoms with van der Waals surface area (Å²) in [6.07, 6.45) is 1.03. The van der Waals surface area contributed by atoms with Gasteiger partial charge in [-0.15, -0.1) is 11.3 Å². The number of sulfonamides is 1. The molecule has 0 radical (unpaired) electrons. The van der Waals surface area contributed by atoms with Crippen molar-refractivity contribution in [2.24, 2.45) is 5.92 Å². The molecule has 1 aliphatic rings. The Labute approximate surface area is 168 Å². The number of rotatable bonds is 4. The van der Waals surface area contributed by atoms with Gasteiger partial charge in [-0.25, -0.2) is 13.4 Å². The van der Waals surface area contributed by atoms with Gasteiger partial charge in [0, 0.05) is 24.7 Å². The van der Waals surface area contributed by atoms with Crippen molar-refractivity contribution in [3.8, 4) is 0 Å². The van der Waals surface area contributed by atoms with Gasteiger partial charge in [-0.2, -0.15) is 4.31 Å². The highest BCUT2D eigenvalue weighted by molar-refractivity contribution is 7.89. The van der Waals surface area contributed by atoms with E-state index >= 15 is 0 Å². The average Bonchev–Trinajstić information content (AvgIpc) is 3.16. The van der Waals surface area contributed by atoms with Crippen molar-refractivity contribution in [1.29, 1.82) is 0 Å². The van der Waals surface area contributed by atoms with Crippen LogP contribution in [-0.2, 0) is 14.8 Å². The van der Waals surface area contributed by atoms with Crippen molar-refractivity contribution in [3.63, 3.8) is 0 Å². The number of carbonyl (C=O) groups excluding carboxylic acids is 1. The van der Waals surface area contributed by atoms with Crippen LogP contribution in [0.25, 0.3) is 10.2 Å². The van der Waals surface area contributed by atoms with E-state index in [4.69, 9.17) is 0 Å². The summed E-state index contributed by atoms with van der Waals surface area (Å²) < 4.78 is 28.1. The van der Waals surface area contributed by atoms with Crippen LogP contribution in [0.4, 0.5) is 5.69 Å². The Balaban J connectivity index is 1.39. The zero-order valence-electron chi connectivity index (χ0n) is 15.5. The van der Waals surface area contributed by atoms with Gasteiger partial charge in [0.2, 0.25) is 15.9 Å². The Morgan fingerprint density at radius 1 is 1.14 bits per heavy atom. The Bertz CT molecular complexity index is 1100. The molecule has 28 heavy (non-hydrogen) atoms. The van der Waals surface area contributed by atoms with Crippen LogP contribution < -0.4 is 5.32 Å². The van der Waals surface area contributed by atoms with Crippen molar-refractivity contribution in [2.75, 3.05) is 18.4 Å². The maximum absolute atomic E-state index is 12.8. The number of hydrogen-bond acceptors (Lipinski definition) is 5. The van der Waals surface area contributed by atoms with E-state index in [0.717, 1.165) is 21.5 Å². The second-order valence-electron chi connectivity index (χ2n) is 7.02. The molecule has 0 spiro atoms. The van der Waals surface area contributed by atoms with E-state index in [2.05, 4.69) is 10.3 Å². The molecule has 1 aromatic heterocycles. The van der Waals surface area contributed by atoms with Crippen LogP contribution in [0, 0.1) is 12.8 Å². The van der Waals surface area contributed by atoms with Crippen molar-refractivity contribution < 1.29 is 13.2 Å². The second-order valence-corrected chi connectivity index (χ2v) is 9.84. The minimum Gasteiger partial charge on any atom is -0.326 e. The molecular formula is C20H21N3O3S2. The molecule has 8 heteroatoms. The molecule has 0 atom stereocenters.